The number of halogens is 1. The predicted octanol–water partition coefficient (Wildman–Crippen LogP) is 3.86. The average molecular weight is 313 g/mol. The number of rotatable bonds is 5. The van der Waals surface area contributed by atoms with Crippen LogP contribution < -0.4 is 4.74 Å². The molecule has 1 aromatic rings. The highest BCUT2D eigenvalue weighted by Crippen LogP contribution is 2.46. The van der Waals surface area contributed by atoms with Crippen LogP contribution in [0, 0.1) is 5.41 Å². The van der Waals surface area contributed by atoms with Gasteiger partial charge in [-0.15, -0.1) is 0 Å². The quantitative estimate of drug-likeness (QED) is 0.898. The molecule has 0 aliphatic heterocycles. The van der Waals surface area contributed by atoms with Crippen molar-refractivity contribution in [3.63, 3.8) is 0 Å². The molecule has 1 fully saturated rings. The maximum Gasteiger partial charge on any atom is 0.313 e. The number of carbonyl (C=O) groups is 1. The lowest BCUT2D eigenvalue weighted by Gasteiger charge is -2.43. The molecule has 0 spiro atoms. The van der Waals surface area contributed by atoms with Crippen LogP contribution in [-0.2, 0) is 4.79 Å². The van der Waals surface area contributed by atoms with Crippen LogP contribution in [0.3, 0.4) is 0 Å². The van der Waals surface area contributed by atoms with E-state index >= 15 is 0 Å². The minimum atomic E-state index is -0.724. The molecule has 1 aromatic carbocycles. The maximum atomic E-state index is 11.5. The van der Waals surface area contributed by atoms with E-state index in [0.29, 0.717) is 6.42 Å². The molecule has 1 aliphatic carbocycles. The molecule has 3 nitrogen and oxygen atoms in total. The van der Waals surface area contributed by atoms with Crippen molar-refractivity contribution in [2.75, 3.05) is 0 Å². The number of ether oxygens (including phenoxy) is 1. The van der Waals surface area contributed by atoms with Gasteiger partial charge in [0.2, 0.25) is 0 Å². The molecule has 0 aromatic heterocycles. The summed E-state index contributed by atoms with van der Waals surface area (Å²) in [7, 11) is 0. The summed E-state index contributed by atoms with van der Waals surface area (Å²) < 4.78 is 6.87. The monoisotopic (exact) mass is 312 g/mol. The molecule has 1 N–H and O–H groups in total. The van der Waals surface area contributed by atoms with Gasteiger partial charge in [0.05, 0.1) is 0 Å². The van der Waals surface area contributed by atoms with Crippen LogP contribution in [-0.4, -0.2) is 17.2 Å². The fraction of sp³-hybridized carbons (Fsp3) is 0.500. The van der Waals surface area contributed by atoms with Gasteiger partial charge in [-0.05, 0) is 43.5 Å². The zero-order chi connectivity index (χ0) is 13.2. The first-order valence-corrected chi connectivity index (χ1v) is 7.03. The van der Waals surface area contributed by atoms with Crippen molar-refractivity contribution < 1.29 is 14.6 Å². The van der Waals surface area contributed by atoms with Gasteiger partial charge in [0.1, 0.15) is 17.3 Å². The highest BCUT2D eigenvalue weighted by Gasteiger charge is 2.51. The fourth-order valence-electron chi connectivity index (χ4n) is 2.50. The topological polar surface area (TPSA) is 46.5 Å². The van der Waals surface area contributed by atoms with Crippen LogP contribution in [0.2, 0.25) is 0 Å². The van der Waals surface area contributed by atoms with E-state index < -0.39 is 11.4 Å². The molecule has 1 unspecified atom stereocenters. The molecule has 0 amide bonds. The van der Waals surface area contributed by atoms with Gasteiger partial charge in [-0.3, -0.25) is 4.79 Å². The van der Waals surface area contributed by atoms with Gasteiger partial charge in [-0.2, -0.15) is 0 Å². The largest absolute Gasteiger partial charge is 0.489 e. The molecule has 1 atom stereocenters. The van der Waals surface area contributed by atoms with Crippen molar-refractivity contribution >= 4 is 21.9 Å². The number of hydrogen-bond donors (Lipinski definition) is 1. The third-order valence-corrected chi connectivity index (χ3v) is 4.28. The predicted molar refractivity (Wildman–Crippen MR) is 72.8 cm³/mol. The average Bonchev–Trinajstić information content (AvgIpc) is 2.28. The van der Waals surface area contributed by atoms with Crippen LogP contribution in [0.15, 0.2) is 28.7 Å². The third kappa shape index (κ3) is 2.39. The van der Waals surface area contributed by atoms with Gasteiger partial charge < -0.3 is 9.84 Å². The first-order chi connectivity index (χ1) is 8.58. The van der Waals surface area contributed by atoms with Gasteiger partial charge in [-0.25, -0.2) is 0 Å². The molecule has 18 heavy (non-hydrogen) atoms. The second-order valence-electron chi connectivity index (χ2n) is 4.78. The Morgan fingerprint density at radius 1 is 1.44 bits per heavy atom. The van der Waals surface area contributed by atoms with Crippen LogP contribution in [0.4, 0.5) is 0 Å². The summed E-state index contributed by atoms with van der Waals surface area (Å²) in [5.74, 6) is 0.00952. The third-order valence-electron chi connectivity index (χ3n) is 3.75. The molecule has 2 rings (SSSR count). The summed E-state index contributed by atoms with van der Waals surface area (Å²) in [5, 5.41) is 9.42. The Bertz CT molecular complexity index is 423. The van der Waals surface area contributed by atoms with Crippen molar-refractivity contribution in [1.29, 1.82) is 0 Å². The number of aliphatic carboxylic acids is 1. The first-order valence-electron chi connectivity index (χ1n) is 6.24. The van der Waals surface area contributed by atoms with E-state index in [1.807, 2.05) is 31.2 Å². The minimum absolute atomic E-state index is 0.245. The van der Waals surface area contributed by atoms with Crippen molar-refractivity contribution in [2.24, 2.45) is 5.41 Å². The molecule has 4 heteroatoms. The van der Waals surface area contributed by atoms with Gasteiger partial charge in [0, 0.05) is 4.47 Å². The zero-order valence-corrected chi connectivity index (χ0v) is 11.9. The van der Waals surface area contributed by atoms with Crippen molar-refractivity contribution in [3.8, 4) is 5.75 Å². The van der Waals surface area contributed by atoms with Crippen molar-refractivity contribution in [2.45, 2.75) is 38.7 Å². The molecule has 0 bridgehead atoms. The van der Waals surface area contributed by atoms with Gasteiger partial charge in [0.25, 0.3) is 0 Å². The Morgan fingerprint density at radius 3 is 2.44 bits per heavy atom. The van der Waals surface area contributed by atoms with Gasteiger partial charge in [-0.1, -0.05) is 29.3 Å². The van der Waals surface area contributed by atoms with E-state index in [4.69, 9.17) is 4.74 Å². The number of hydrogen-bond acceptors (Lipinski definition) is 2. The van der Waals surface area contributed by atoms with E-state index in [-0.39, 0.29) is 6.10 Å². The van der Waals surface area contributed by atoms with Gasteiger partial charge in [0.15, 0.2) is 0 Å². The highest BCUT2D eigenvalue weighted by atomic mass is 79.9. The molecule has 98 valence electrons. The zero-order valence-electron chi connectivity index (χ0n) is 10.4. The van der Waals surface area contributed by atoms with Crippen LogP contribution in [0.1, 0.15) is 32.6 Å². The molecule has 0 heterocycles. The summed E-state index contributed by atoms with van der Waals surface area (Å²) in [5.41, 5.74) is -0.679. The summed E-state index contributed by atoms with van der Waals surface area (Å²) in [4.78, 5) is 11.5. The normalized spacial score (nSPS) is 18.8. The van der Waals surface area contributed by atoms with Crippen LogP contribution >= 0.6 is 15.9 Å². The van der Waals surface area contributed by atoms with E-state index in [1.54, 1.807) is 0 Å². The minimum Gasteiger partial charge on any atom is -0.489 e. The van der Waals surface area contributed by atoms with Crippen molar-refractivity contribution in [3.05, 3.63) is 28.7 Å². The summed E-state index contributed by atoms with van der Waals surface area (Å²) >= 11 is 3.37. The molecule has 1 aliphatic rings. The van der Waals surface area contributed by atoms with Crippen LogP contribution in [0.5, 0.6) is 5.75 Å². The van der Waals surface area contributed by atoms with E-state index in [2.05, 4.69) is 15.9 Å². The van der Waals surface area contributed by atoms with E-state index in [1.165, 1.54) is 0 Å². The smallest absolute Gasteiger partial charge is 0.313 e. The molecule has 0 radical (unpaired) electrons. The number of benzene rings is 1. The second-order valence-corrected chi connectivity index (χ2v) is 5.70. The Labute approximate surface area is 115 Å². The SMILES string of the molecule is CCC(Oc1ccc(Br)cc1)C1(C(=O)O)CCC1. The summed E-state index contributed by atoms with van der Waals surface area (Å²) in [6.07, 6.45) is 2.88. The standard InChI is InChI=1S/C14H17BrO3/c1-2-12(14(13(16)17)8-3-9-14)18-11-6-4-10(15)5-7-11/h4-7,12H,2-3,8-9H2,1H3,(H,16,17). The lowest BCUT2D eigenvalue weighted by atomic mass is 9.64. The summed E-state index contributed by atoms with van der Waals surface area (Å²) in [6, 6.07) is 7.52. The molecular weight excluding hydrogens is 296 g/mol. The van der Waals surface area contributed by atoms with E-state index in [9.17, 15) is 9.90 Å². The Balaban J connectivity index is 2.14. The van der Waals surface area contributed by atoms with Crippen molar-refractivity contribution in [1.82, 2.24) is 0 Å². The molecular formula is C14H17BrO3. The highest BCUT2D eigenvalue weighted by molar-refractivity contribution is 9.10. The number of carboxylic acid groups (broad SMARTS) is 1. The molecule has 0 saturated heterocycles. The first kappa shape index (κ1) is 13.4. The summed E-state index contributed by atoms with van der Waals surface area (Å²) in [6.45, 7) is 1.98. The lowest BCUT2D eigenvalue weighted by molar-refractivity contribution is -0.163. The van der Waals surface area contributed by atoms with Gasteiger partial charge >= 0.3 is 5.97 Å². The maximum absolute atomic E-state index is 11.5. The second kappa shape index (κ2) is 5.31. The Morgan fingerprint density at radius 2 is 2.06 bits per heavy atom. The Kier molecular flexibility index (Phi) is 3.95. The lowest BCUT2D eigenvalue weighted by Crippen LogP contribution is -2.50. The Hall–Kier alpha value is -1.03. The van der Waals surface area contributed by atoms with E-state index in [0.717, 1.165) is 29.5 Å². The fourth-order valence-corrected chi connectivity index (χ4v) is 2.76. The number of carboxylic acids is 1. The van der Waals surface area contributed by atoms with Crippen LogP contribution in [0.25, 0.3) is 0 Å². The molecule has 1 saturated carbocycles.